The van der Waals surface area contributed by atoms with Crippen molar-refractivity contribution < 1.29 is 36.3 Å². The number of carbonyl (C=O) groups excluding carboxylic acids is 2. The van der Waals surface area contributed by atoms with Gasteiger partial charge < -0.3 is 10.1 Å². The number of halogens is 5. The van der Waals surface area contributed by atoms with Crippen LogP contribution >= 0.6 is 0 Å². The minimum Gasteiger partial charge on any atom is -0.464 e. The first-order chi connectivity index (χ1) is 13.0. The van der Waals surface area contributed by atoms with E-state index in [4.69, 9.17) is 4.74 Å². The molecule has 0 spiro atoms. The first kappa shape index (κ1) is 26.6. The van der Waals surface area contributed by atoms with Crippen molar-refractivity contribution in [1.29, 1.82) is 0 Å². The maximum absolute atomic E-state index is 13.1. The molecule has 166 valence electrons. The number of carbonyl (C=O) groups is 2. The van der Waals surface area contributed by atoms with Crippen molar-refractivity contribution in [3.05, 3.63) is 0 Å². The lowest BCUT2D eigenvalue weighted by Crippen LogP contribution is -2.56. The molecule has 0 rings (SSSR count). The number of esters is 1. The molecule has 0 saturated carbocycles. The van der Waals surface area contributed by atoms with Crippen molar-refractivity contribution in [2.45, 2.75) is 96.7 Å². The molecule has 0 saturated heterocycles. The quantitative estimate of drug-likeness (QED) is 0.234. The molecule has 0 aliphatic rings. The summed E-state index contributed by atoms with van der Waals surface area (Å²) in [6, 6.07) is -1.56. The predicted molar refractivity (Wildman–Crippen MR) is 96.0 cm³/mol. The molecule has 2 unspecified atom stereocenters. The summed E-state index contributed by atoms with van der Waals surface area (Å²) < 4.78 is 68.2. The summed E-state index contributed by atoms with van der Waals surface area (Å²) in [5.41, 5.74) is 0. The predicted octanol–water partition coefficient (Wildman–Crippen LogP) is 5.40. The molecule has 0 bridgehead atoms. The summed E-state index contributed by atoms with van der Waals surface area (Å²) in [6.07, 6.45) is 2.40. The molecule has 0 aromatic carbocycles. The van der Waals surface area contributed by atoms with Gasteiger partial charge in [-0.2, -0.15) is 22.0 Å². The first-order valence-electron chi connectivity index (χ1n) is 9.91. The number of amides is 1. The molecule has 0 radical (unpaired) electrons. The van der Waals surface area contributed by atoms with Crippen LogP contribution in [0.15, 0.2) is 0 Å². The van der Waals surface area contributed by atoms with Crippen LogP contribution in [-0.2, 0) is 14.3 Å². The van der Waals surface area contributed by atoms with Gasteiger partial charge in [0, 0.05) is 0 Å². The van der Waals surface area contributed by atoms with Crippen molar-refractivity contribution in [3.63, 3.8) is 0 Å². The fourth-order valence-electron chi connectivity index (χ4n) is 2.53. The molecule has 1 N–H and O–H groups in total. The van der Waals surface area contributed by atoms with Gasteiger partial charge >= 0.3 is 24.0 Å². The van der Waals surface area contributed by atoms with Gasteiger partial charge in [-0.1, -0.05) is 72.1 Å². The Bertz CT molecular complexity index is 469. The number of hydrogen-bond acceptors (Lipinski definition) is 3. The van der Waals surface area contributed by atoms with Crippen LogP contribution in [0, 0.1) is 5.92 Å². The molecule has 0 fully saturated rings. The summed E-state index contributed by atoms with van der Waals surface area (Å²) in [4.78, 5) is 23.5. The summed E-state index contributed by atoms with van der Waals surface area (Å²) in [5, 5.41) is 1.51. The van der Waals surface area contributed by atoms with E-state index in [1.54, 1.807) is 6.92 Å². The summed E-state index contributed by atoms with van der Waals surface area (Å²) in [5.74, 6) is -9.77. The van der Waals surface area contributed by atoms with Gasteiger partial charge in [-0.05, 0) is 12.3 Å². The monoisotopic (exact) mass is 417 g/mol. The van der Waals surface area contributed by atoms with E-state index in [1.165, 1.54) is 31.5 Å². The van der Waals surface area contributed by atoms with Crippen LogP contribution < -0.4 is 5.32 Å². The van der Waals surface area contributed by atoms with Gasteiger partial charge in [0.15, 0.2) is 0 Å². The van der Waals surface area contributed by atoms with Gasteiger partial charge in [-0.15, -0.1) is 0 Å². The highest BCUT2D eigenvalue weighted by atomic mass is 19.4. The number of hydrogen-bond donors (Lipinski definition) is 1. The lowest BCUT2D eigenvalue weighted by atomic mass is 9.99. The van der Waals surface area contributed by atoms with Gasteiger partial charge in [0.05, 0.1) is 6.61 Å². The summed E-state index contributed by atoms with van der Waals surface area (Å²) in [6.45, 7) is 5.26. The zero-order valence-electron chi connectivity index (χ0n) is 16.8. The highest BCUT2D eigenvalue weighted by Gasteiger charge is 2.63. The van der Waals surface area contributed by atoms with E-state index in [2.05, 4.69) is 6.92 Å². The third kappa shape index (κ3) is 9.19. The molecule has 0 heterocycles. The Morgan fingerprint density at radius 3 is 1.86 bits per heavy atom. The van der Waals surface area contributed by atoms with Crippen LogP contribution in [0.4, 0.5) is 22.0 Å². The number of alkyl halides is 5. The SMILES string of the molecule is CCCCCCCCCCOC(=O)C(NC(=O)C(F)(F)C(F)(F)F)C(C)CC. The molecule has 0 aromatic heterocycles. The average Bonchev–Trinajstić information content (AvgIpc) is 2.62. The maximum Gasteiger partial charge on any atom is 0.463 e. The third-order valence-electron chi connectivity index (χ3n) is 4.64. The second kappa shape index (κ2) is 12.9. The van der Waals surface area contributed by atoms with Crippen molar-refractivity contribution in [3.8, 4) is 0 Å². The Hall–Kier alpha value is -1.41. The Morgan fingerprint density at radius 1 is 0.893 bits per heavy atom. The normalized spacial score (nSPS) is 14.4. The van der Waals surface area contributed by atoms with Gasteiger partial charge in [0.1, 0.15) is 6.04 Å². The van der Waals surface area contributed by atoms with Gasteiger partial charge in [0.25, 0.3) is 0 Å². The van der Waals surface area contributed by atoms with Crippen molar-refractivity contribution in [1.82, 2.24) is 5.32 Å². The van der Waals surface area contributed by atoms with Crippen LogP contribution in [0.3, 0.4) is 0 Å². The van der Waals surface area contributed by atoms with Gasteiger partial charge in [0.2, 0.25) is 0 Å². The van der Waals surface area contributed by atoms with Crippen molar-refractivity contribution in [2.75, 3.05) is 6.61 Å². The molecule has 4 nitrogen and oxygen atoms in total. The highest BCUT2D eigenvalue weighted by Crippen LogP contribution is 2.35. The number of ether oxygens (including phenoxy) is 1. The lowest BCUT2D eigenvalue weighted by Gasteiger charge is -2.26. The molecule has 0 aliphatic heterocycles. The van der Waals surface area contributed by atoms with Crippen LogP contribution in [0.2, 0.25) is 0 Å². The lowest BCUT2D eigenvalue weighted by molar-refractivity contribution is -0.270. The third-order valence-corrected chi connectivity index (χ3v) is 4.64. The highest BCUT2D eigenvalue weighted by molar-refractivity contribution is 5.89. The topological polar surface area (TPSA) is 55.4 Å². The van der Waals surface area contributed by atoms with E-state index in [-0.39, 0.29) is 13.0 Å². The largest absolute Gasteiger partial charge is 0.464 e. The number of nitrogens with one attached hydrogen (secondary N) is 1. The summed E-state index contributed by atoms with van der Waals surface area (Å²) in [7, 11) is 0. The second-order valence-electron chi connectivity index (χ2n) is 7.05. The maximum atomic E-state index is 13.1. The van der Waals surface area contributed by atoms with E-state index >= 15 is 0 Å². The Morgan fingerprint density at radius 2 is 1.39 bits per heavy atom. The van der Waals surface area contributed by atoms with E-state index in [0.717, 1.165) is 25.7 Å². The Labute approximate surface area is 163 Å². The van der Waals surface area contributed by atoms with E-state index < -0.39 is 35.9 Å². The molecule has 1 amide bonds. The van der Waals surface area contributed by atoms with Gasteiger partial charge in [-0.25, -0.2) is 4.79 Å². The minimum atomic E-state index is -6.03. The smallest absolute Gasteiger partial charge is 0.463 e. The molecular formula is C19H32F5NO3. The molecule has 9 heteroatoms. The zero-order chi connectivity index (χ0) is 21.8. The second-order valence-corrected chi connectivity index (χ2v) is 7.05. The van der Waals surface area contributed by atoms with E-state index in [1.807, 2.05) is 0 Å². The van der Waals surface area contributed by atoms with Crippen molar-refractivity contribution >= 4 is 11.9 Å². The molecule has 0 aromatic rings. The first-order valence-corrected chi connectivity index (χ1v) is 9.91. The fraction of sp³-hybridized carbons (Fsp3) is 0.895. The van der Waals surface area contributed by atoms with Crippen LogP contribution in [0.1, 0.15) is 78.6 Å². The Balaban J connectivity index is 4.47. The molecular weight excluding hydrogens is 385 g/mol. The van der Waals surface area contributed by atoms with E-state index in [0.29, 0.717) is 6.42 Å². The Kier molecular flexibility index (Phi) is 12.3. The number of rotatable bonds is 14. The average molecular weight is 417 g/mol. The molecule has 28 heavy (non-hydrogen) atoms. The standard InChI is InChI=1S/C19H32F5NO3/c1-4-6-7-8-9-10-11-12-13-28-16(26)15(14(3)5-2)25-17(27)18(20,21)19(22,23)24/h14-15H,4-13H2,1-3H3,(H,25,27). The van der Waals surface area contributed by atoms with E-state index in [9.17, 15) is 31.5 Å². The molecule has 0 aliphatic carbocycles. The van der Waals surface area contributed by atoms with Crippen LogP contribution in [0.5, 0.6) is 0 Å². The fourth-order valence-corrected chi connectivity index (χ4v) is 2.53. The minimum absolute atomic E-state index is 0.0340. The van der Waals surface area contributed by atoms with Crippen LogP contribution in [0.25, 0.3) is 0 Å². The summed E-state index contributed by atoms with van der Waals surface area (Å²) >= 11 is 0. The van der Waals surface area contributed by atoms with Crippen LogP contribution in [-0.4, -0.2) is 36.6 Å². The zero-order valence-corrected chi connectivity index (χ0v) is 16.8. The number of unbranched alkanes of at least 4 members (excludes halogenated alkanes) is 7. The van der Waals surface area contributed by atoms with Crippen molar-refractivity contribution in [2.24, 2.45) is 5.92 Å². The van der Waals surface area contributed by atoms with Gasteiger partial charge in [-0.3, -0.25) is 4.79 Å². The molecule has 2 atom stereocenters.